The second kappa shape index (κ2) is 3.11. The number of hydrazine groups is 1. The van der Waals surface area contributed by atoms with Crippen LogP contribution < -0.4 is 11.6 Å². The molecule has 1 rings (SSSR count). The third-order valence-corrected chi connectivity index (χ3v) is 2.37. The summed E-state index contributed by atoms with van der Waals surface area (Å²) < 4.78 is 0. The lowest BCUT2D eigenvalue weighted by atomic mass is 9.77. The molecule has 0 aliphatic heterocycles. The lowest BCUT2D eigenvalue weighted by Crippen LogP contribution is -2.57. The van der Waals surface area contributed by atoms with Gasteiger partial charge >= 0.3 is 0 Å². The van der Waals surface area contributed by atoms with E-state index < -0.39 is 0 Å². The minimum absolute atomic E-state index is 0.105. The molecule has 0 aromatic carbocycles. The molecule has 11 heavy (non-hydrogen) atoms. The maximum Gasteiger partial charge on any atom is 0.0784 e. The van der Waals surface area contributed by atoms with Crippen LogP contribution in [0.15, 0.2) is 12.4 Å². The first-order chi connectivity index (χ1) is 5.25. The summed E-state index contributed by atoms with van der Waals surface area (Å²) in [7, 11) is 0. The van der Waals surface area contributed by atoms with E-state index in [2.05, 4.69) is 0 Å². The van der Waals surface area contributed by atoms with Gasteiger partial charge in [-0.3, -0.25) is 0 Å². The van der Waals surface area contributed by atoms with Crippen molar-refractivity contribution >= 4 is 0 Å². The smallest absolute Gasteiger partial charge is 0.0784 e. The molecule has 4 nitrogen and oxygen atoms in total. The Hall–Kier alpha value is -0.740. The third kappa shape index (κ3) is 1.32. The number of aliphatic hydroxyl groups is 1. The predicted molar refractivity (Wildman–Crippen MR) is 43.0 cm³/mol. The fourth-order valence-electron chi connectivity index (χ4n) is 1.33. The van der Waals surface area contributed by atoms with E-state index in [1.165, 1.54) is 11.2 Å². The summed E-state index contributed by atoms with van der Waals surface area (Å²) in [5, 5.41) is 10.5. The fourth-order valence-corrected chi connectivity index (χ4v) is 1.33. The quantitative estimate of drug-likeness (QED) is 0.381. The van der Waals surface area contributed by atoms with E-state index in [4.69, 9.17) is 16.7 Å². The second-order valence-electron chi connectivity index (χ2n) is 2.98. The van der Waals surface area contributed by atoms with Crippen LogP contribution in [0.4, 0.5) is 0 Å². The maximum absolute atomic E-state index is 9.04. The van der Waals surface area contributed by atoms with E-state index >= 15 is 0 Å². The van der Waals surface area contributed by atoms with Gasteiger partial charge in [0.25, 0.3) is 0 Å². The molecule has 1 fully saturated rings. The number of nitrogens with zero attached hydrogens (tertiary/aromatic N) is 1. The van der Waals surface area contributed by atoms with E-state index in [0.29, 0.717) is 0 Å². The minimum atomic E-state index is -0.226. The topological polar surface area (TPSA) is 75.5 Å². The summed E-state index contributed by atoms with van der Waals surface area (Å²) in [4.78, 5) is 0. The van der Waals surface area contributed by atoms with E-state index in [1.54, 1.807) is 6.20 Å². The van der Waals surface area contributed by atoms with Gasteiger partial charge in [-0.05, 0) is 19.3 Å². The average molecular weight is 157 g/mol. The van der Waals surface area contributed by atoms with Gasteiger partial charge in [-0.25, -0.2) is 5.84 Å². The van der Waals surface area contributed by atoms with E-state index in [9.17, 15) is 0 Å². The van der Waals surface area contributed by atoms with Gasteiger partial charge in [0.1, 0.15) is 0 Å². The number of hydrogen-bond acceptors (Lipinski definition) is 4. The van der Waals surface area contributed by atoms with Crippen LogP contribution >= 0.6 is 0 Å². The maximum atomic E-state index is 9.04. The molecule has 1 aliphatic rings. The van der Waals surface area contributed by atoms with Crippen LogP contribution in [0, 0.1) is 0 Å². The van der Waals surface area contributed by atoms with Crippen LogP contribution in [-0.4, -0.2) is 22.3 Å². The van der Waals surface area contributed by atoms with Crippen LogP contribution in [-0.2, 0) is 0 Å². The van der Waals surface area contributed by atoms with Crippen molar-refractivity contribution in [2.45, 2.75) is 24.8 Å². The number of rotatable bonds is 3. The van der Waals surface area contributed by atoms with Gasteiger partial charge in [0.15, 0.2) is 0 Å². The zero-order valence-electron chi connectivity index (χ0n) is 6.53. The van der Waals surface area contributed by atoms with E-state index in [0.717, 1.165) is 19.3 Å². The summed E-state index contributed by atoms with van der Waals surface area (Å²) in [6, 6.07) is 0. The highest BCUT2D eigenvalue weighted by Gasteiger charge is 2.39. The molecule has 0 heterocycles. The molecule has 0 radical (unpaired) electrons. The molecule has 0 unspecified atom stereocenters. The van der Waals surface area contributed by atoms with E-state index in [-0.39, 0.29) is 12.1 Å². The van der Waals surface area contributed by atoms with Crippen molar-refractivity contribution in [3.8, 4) is 0 Å². The molecule has 1 aliphatic carbocycles. The monoisotopic (exact) mass is 157 g/mol. The normalized spacial score (nSPS) is 21.6. The number of hydrogen-bond donors (Lipinski definition) is 3. The Bertz CT molecular complexity index is 148. The Labute approximate surface area is 66.4 Å². The zero-order valence-corrected chi connectivity index (χ0v) is 6.53. The lowest BCUT2D eigenvalue weighted by Gasteiger charge is -2.46. The fraction of sp³-hybridized carbons (Fsp3) is 0.714. The van der Waals surface area contributed by atoms with Gasteiger partial charge in [-0.15, -0.1) is 0 Å². The highest BCUT2D eigenvalue weighted by molar-refractivity contribution is 4.99. The lowest BCUT2D eigenvalue weighted by molar-refractivity contribution is 0.000498. The van der Waals surface area contributed by atoms with Crippen molar-refractivity contribution < 1.29 is 5.11 Å². The Morgan fingerprint density at radius 3 is 2.45 bits per heavy atom. The van der Waals surface area contributed by atoms with Crippen LogP contribution in [0.1, 0.15) is 19.3 Å². The standard InChI is InChI=1S/C7H15N3O/c8-4-5-10(9)7(6-11)2-1-3-7/h4-5,11H,1-3,6,8-9H2/b5-4-. The molecular weight excluding hydrogens is 142 g/mol. The Morgan fingerprint density at radius 2 is 2.18 bits per heavy atom. The molecule has 0 aromatic rings. The Balaban J connectivity index is 2.54. The average Bonchev–Trinajstić information content (AvgIpc) is 1.87. The largest absolute Gasteiger partial charge is 0.403 e. The highest BCUT2D eigenvalue weighted by Crippen LogP contribution is 2.35. The molecule has 0 aromatic heterocycles. The van der Waals surface area contributed by atoms with Crippen molar-refractivity contribution in [1.82, 2.24) is 5.01 Å². The van der Waals surface area contributed by atoms with Crippen LogP contribution in [0.25, 0.3) is 0 Å². The first kappa shape index (κ1) is 8.36. The Morgan fingerprint density at radius 1 is 1.55 bits per heavy atom. The van der Waals surface area contributed by atoms with Gasteiger partial charge in [-0.1, -0.05) is 0 Å². The first-order valence-electron chi connectivity index (χ1n) is 3.78. The van der Waals surface area contributed by atoms with Crippen molar-refractivity contribution in [2.24, 2.45) is 11.6 Å². The van der Waals surface area contributed by atoms with Crippen LogP contribution in [0.5, 0.6) is 0 Å². The van der Waals surface area contributed by atoms with Gasteiger partial charge in [0.2, 0.25) is 0 Å². The zero-order chi connectivity index (χ0) is 8.32. The van der Waals surface area contributed by atoms with Crippen molar-refractivity contribution in [3.63, 3.8) is 0 Å². The molecule has 0 saturated heterocycles. The Kier molecular flexibility index (Phi) is 2.36. The van der Waals surface area contributed by atoms with E-state index in [1.807, 2.05) is 0 Å². The van der Waals surface area contributed by atoms with Crippen LogP contribution in [0.2, 0.25) is 0 Å². The van der Waals surface area contributed by atoms with Crippen molar-refractivity contribution in [1.29, 1.82) is 0 Å². The third-order valence-electron chi connectivity index (χ3n) is 2.37. The number of aliphatic hydroxyl groups excluding tert-OH is 1. The number of nitrogens with two attached hydrogens (primary N) is 2. The molecule has 0 bridgehead atoms. The minimum Gasteiger partial charge on any atom is -0.403 e. The molecule has 0 amide bonds. The molecule has 64 valence electrons. The predicted octanol–water partition coefficient (Wildman–Crippen LogP) is -0.493. The highest BCUT2D eigenvalue weighted by atomic mass is 16.3. The molecule has 0 atom stereocenters. The van der Waals surface area contributed by atoms with Gasteiger partial charge in [0, 0.05) is 12.4 Å². The van der Waals surface area contributed by atoms with Gasteiger partial charge in [-0.2, -0.15) is 0 Å². The SMILES string of the molecule is N/C=C\N(N)C1(CO)CCC1. The molecule has 0 spiro atoms. The first-order valence-corrected chi connectivity index (χ1v) is 3.78. The van der Waals surface area contributed by atoms with Crippen molar-refractivity contribution in [3.05, 3.63) is 12.4 Å². The summed E-state index contributed by atoms with van der Waals surface area (Å²) >= 11 is 0. The van der Waals surface area contributed by atoms with Gasteiger partial charge < -0.3 is 15.8 Å². The van der Waals surface area contributed by atoms with Crippen molar-refractivity contribution in [2.75, 3.05) is 6.61 Å². The molecule has 4 heteroatoms. The molecular formula is C7H15N3O. The van der Waals surface area contributed by atoms with Crippen LogP contribution in [0.3, 0.4) is 0 Å². The molecule has 5 N–H and O–H groups in total. The second-order valence-corrected chi connectivity index (χ2v) is 2.98. The van der Waals surface area contributed by atoms with Gasteiger partial charge in [0.05, 0.1) is 12.1 Å². The summed E-state index contributed by atoms with van der Waals surface area (Å²) in [5.41, 5.74) is 4.95. The molecule has 1 saturated carbocycles. The summed E-state index contributed by atoms with van der Waals surface area (Å²) in [5.74, 6) is 5.64. The summed E-state index contributed by atoms with van der Waals surface area (Å²) in [6.07, 6.45) is 6.01. The summed E-state index contributed by atoms with van der Waals surface area (Å²) in [6.45, 7) is 0.105.